The molecule has 8 nitrogen and oxygen atoms in total. The van der Waals surface area contributed by atoms with Crippen LogP contribution in [0.4, 0.5) is 5.69 Å². The smallest absolute Gasteiger partial charge is 0.267 e. The quantitative estimate of drug-likeness (QED) is 0.538. The monoisotopic (exact) mass is 415 g/mol. The average Bonchev–Trinajstić information content (AvgIpc) is 3.21. The van der Waals surface area contributed by atoms with Crippen LogP contribution in [0.3, 0.4) is 0 Å². The molecule has 2 aromatic carbocycles. The molecule has 2 N–H and O–H groups in total. The molecule has 10 heteroatoms. The normalized spacial score (nSPS) is 11.7. The van der Waals surface area contributed by atoms with Crippen LogP contribution in [0.2, 0.25) is 0 Å². The van der Waals surface area contributed by atoms with E-state index in [0.29, 0.717) is 16.4 Å². The molecule has 28 heavy (non-hydrogen) atoms. The van der Waals surface area contributed by atoms with Crippen molar-refractivity contribution >= 4 is 32.0 Å². The summed E-state index contributed by atoms with van der Waals surface area (Å²) in [5.41, 5.74) is 2.45. The van der Waals surface area contributed by atoms with Gasteiger partial charge in [-0.2, -0.15) is 0 Å². The van der Waals surface area contributed by atoms with Gasteiger partial charge in [0.1, 0.15) is 5.75 Å². The highest BCUT2D eigenvalue weighted by molar-refractivity contribution is 7.91. The van der Waals surface area contributed by atoms with E-state index in [1.807, 2.05) is 67.5 Å². The summed E-state index contributed by atoms with van der Waals surface area (Å²) in [6.45, 7) is 0. The van der Waals surface area contributed by atoms with E-state index in [4.69, 9.17) is 9.88 Å². The highest BCUT2D eigenvalue weighted by Crippen LogP contribution is 2.33. The lowest BCUT2D eigenvalue weighted by Crippen LogP contribution is -2.12. The molecule has 0 saturated heterocycles. The first-order valence-corrected chi connectivity index (χ1v) is 10.6. The Bertz CT molecular complexity index is 1230. The second-order valence-electron chi connectivity index (χ2n) is 6.26. The van der Waals surface area contributed by atoms with E-state index in [9.17, 15) is 8.42 Å². The van der Waals surface area contributed by atoms with Gasteiger partial charge in [-0.15, -0.1) is 5.10 Å². The number of anilines is 1. The van der Waals surface area contributed by atoms with E-state index in [1.165, 1.54) is 4.52 Å². The van der Waals surface area contributed by atoms with Crippen LogP contribution in [0.15, 0.2) is 59.1 Å². The van der Waals surface area contributed by atoms with Gasteiger partial charge in [-0.1, -0.05) is 35.6 Å². The van der Waals surface area contributed by atoms with Crippen LogP contribution < -0.4 is 14.8 Å². The van der Waals surface area contributed by atoms with Gasteiger partial charge in [-0.3, -0.25) is 0 Å². The van der Waals surface area contributed by atoms with Gasteiger partial charge in [0.05, 0.1) is 17.6 Å². The van der Waals surface area contributed by atoms with Crippen molar-refractivity contribution in [2.24, 2.45) is 5.14 Å². The molecule has 0 aliphatic heterocycles. The van der Waals surface area contributed by atoms with Gasteiger partial charge >= 0.3 is 0 Å². The van der Waals surface area contributed by atoms with Gasteiger partial charge in [0.2, 0.25) is 9.30 Å². The van der Waals surface area contributed by atoms with Crippen molar-refractivity contribution in [3.8, 4) is 22.8 Å². The Morgan fingerprint density at radius 1 is 1.14 bits per heavy atom. The molecule has 4 aromatic rings. The summed E-state index contributed by atoms with van der Waals surface area (Å²) in [5, 5.41) is 9.09. The van der Waals surface area contributed by atoms with Crippen LogP contribution in [0.25, 0.3) is 16.2 Å². The van der Waals surface area contributed by atoms with E-state index >= 15 is 0 Å². The van der Waals surface area contributed by atoms with Gasteiger partial charge in [-0.05, 0) is 24.3 Å². The van der Waals surface area contributed by atoms with Gasteiger partial charge in [0, 0.05) is 19.7 Å². The number of nitrogens with two attached hydrogens (primary N) is 1. The minimum Gasteiger partial charge on any atom is -0.455 e. The van der Waals surface area contributed by atoms with Crippen molar-refractivity contribution in [3.63, 3.8) is 0 Å². The van der Waals surface area contributed by atoms with Crippen LogP contribution in [0.5, 0.6) is 11.5 Å². The zero-order valence-electron chi connectivity index (χ0n) is 15.1. The molecule has 0 bridgehead atoms. The highest BCUT2D eigenvalue weighted by Gasteiger charge is 2.17. The van der Waals surface area contributed by atoms with E-state index in [-0.39, 0.29) is 4.34 Å². The van der Waals surface area contributed by atoms with E-state index in [0.717, 1.165) is 28.3 Å². The Kier molecular flexibility index (Phi) is 4.53. The number of primary sulfonamides is 1. The van der Waals surface area contributed by atoms with Crippen LogP contribution >= 0.6 is 11.3 Å². The average molecular weight is 416 g/mol. The van der Waals surface area contributed by atoms with Crippen molar-refractivity contribution in [2.75, 3.05) is 19.0 Å². The van der Waals surface area contributed by atoms with Crippen molar-refractivity contribution in [3.05, 3.63) is 54.7 Å². The standard InChI is InChI=1S/C18H17N5O3S2/c1-22(2)15-8-3-4-9-16(15)26-13-7-5-6-12(10-13)14-11-23-17(20-14)27-18(21-23)28(19,24)25/h3-11H,1-2H3,(H2,19,24,25). The number of hydrogen-bond donors (Lipinski definition) is 1. The summed E-state index contributed by atoms with van der Waals surface area (Å²) < 4.78 is 30.1. The predicted octanol–water partition coefficient (Wildman–Crippen LogP) is 2.96. The molecule has 0 atom stereocenters. The molecule has 4 rings (SSSR count). The second-order valence-corrected chi connectivity index (χ2v) is 8.95. The number of hydrogen-bond acceptors (Lipinski definition) is 7. The maximum absolute atomic E-state index is 11.4. The molecular weight excluding hydrogens is 398 g/mol. The lowest BCUT2D eigenvalue weighted by Gasteiger charge is -2.17. The number of benzene rings is 2. The summed E-state index contributed by atoms with van der Waals surface area (Å²) in [4.78, 5) is 6.88. The summed E-state index contributed by atoms with van der Waals surface area (Å²) >= 11 is 0.923. The van der Waals surface area contributed by atoms with E-state index < -0.39 is 10.0 Å². The third-order valence-corrected chi connectivity index (χ3v) is 6.21. The molecule has 0 amide bonds. The lowest BCUT2D eigenvalue weighted by atomic mass is 10.1. The fraction of sp³-hybridized carbons (Fsp3) is 0.111. The zero-order chi connectivity index (χ0) is 19.9. The molecule has 0 unspecified atom stereocenters. The molecule has 0 fully saturated rings. The van der Waals surface area contributed by atoms with Gasteiger partial charge in [0.25, 0.3) is 10.0 Å². The first-order valence-electron chi connectivity index (χ1n) is 8.25. The Labute approximate surface area is 165 Å². The maximum atomic E-state index is 11.4. The fourth-order valence-electron chi connectivity index (χ4n) is 2.69. The van der Waals surface area contributed by atoms with Crippen LogP contribution in [0, 0.1) is 0 Å². The highest BCUT2D eigenvalue weighted by atomic mass is 32.2. The molecule has 0 aliphatic rings. The van der Waals surface area contributed by atoms with Crippen LogP contribution in [-0.4, -0.2) is 37.1 Å². The van der Waals surface area contributed by atoms with Gasteiger partial charge in [0.15, 0.2) is 5.75 Å². The van der Waals surface area contributed by atoms with Gasteiger partial charge in [-0.25, -0.2) is 23.1 Å². The number of sulfonamides is 1. The third kappa shape index (κ3) is 3.57. The fourth-order valence-corrected chi connectivity index (χ4v) is 4.20. The van der Waals surface area contributed by atoms with Crippen molar-refractivity contribution < 1.29 is 13.2 Å². The summed E-state index contributed by atoms with van der Waals surface area (Å²) in [6, 6.07) is 15.3. The topological polar surface area (TPSA) is 103 Å². The molecule has 0 radical (unpaired) electrons. The molecule has 0 spiro atoms. The molecule has 2 heterocycles. The van der Waals surface area contributed by atoms with Crippen molar-refractivity contribution in [2.45, 2.75) is 4.34 Å². The Balaban J connectivity index is 1.66. The number of imidazole rings is 1. The molecule has 2 aromatic heterocycles. The number of ether oxygens (including phenoxy) is 1. The zero-order valence-corrected chi connectivity index (χ0v) is 16.7. The minimum atomic E-state index is -3.84. The number of aromatic nitrogens is 3. The van der Waals surface area contributed by atoms with E-state index in [2.05, 4.69) is 10.1 Å². The van der Waals surface area contributed by atoms with Crippen LogP contribution in [-0.2, 0) is 10.0 Å². The maximum Gasteiger partial charge on any atom is 0.267 e. The van der Waals surface area contributed by atoms with Crippen LogP contribution in [0.1, 0.15) is 0 Å². The Morgan fingerprint density at radius 3 is 2.64 bits per heavy atom. The van der Waals surface area contributed by atoms with Crippen molar-refractivity contribution in [1.29, 1.82) is 0 Å². The second kappa shape index (κ2) is 6.89. The predicted molar refractivity (Wildman–Crippen MR) is 109 cm³/mol. The molecular formula is C18H17N5O3S2. The Morgan fingerprint density at radius 2 is 1.93 bits per heavy atom. The Hall–Kier alpha value is -2.95. The third-order valence-electron chi connectivity index (χ3n) is 3.97. The number of para-hydroxylation sites is 2. The molecule has 0 saturated carbocycles. The molecule has 0 aliphatic carbocycles. The number of fused-ring (bicyclic) bond motifs is 1. The van der Waals surface area contributed by atoms with Gasteiger partial charge < -0.3 is 9.64 Å². The van der Waals surface area contributed by atoms with E-state index in [1.54, 1.807) is 6.20 Å². The first-order chi connectivity index (χ1) is 13.3. The first kappa shape index (κ1) is 18.4. The summed E-state index contributed by atoms with van der Waals surface area (Å²) in [7, 11) is 0.0732. The number of rotatable bonds is 5. The summed E-state index contributed by atoms with van der Waals surface area (Å²) in [5.74, 6) is 1.41. The lowest BCUT2D eigenvalue weighted by molar-refractivity contribution is 0.483. The summed E-state index contributed by atoms with van der Waals surface area (Å²) in [6.07, 6.45) is 1.66. The molecule has 144 valence electrons. The number of nitrogens with zero attached hydrogens (tertiary/aromatic N) is 4. The SMILES string of the molecule is CN(C)c1ccccc1Oc1cccc(-c2cn3nc(S(N)(=O)=O)sc3n2)c1. The minimum absolute atomic E-state index is 0.168. The van der Waals surface area contributed by atoms with Crippen molar-refractivity contribution in [1.82, 2.24) is 14.6 Å². The largest absolute Gasteiger partial charge is 0.455 e.